The minimum Gasteiger partial charge on any atom is -0.487 e. The SMILES string of the molecule is Fc1ccc(OCc2ccc(Cl)c(Cl)c2)cn1. The number of hydrogen-bond acceptors (Lipinski definition) is 2. The Balaban J connectivity index is 2.02. The zero-order valence-corrected chi connectivity index (χ0v) is 10.2. The highest BCUT2D eigenvalue weighted by Gasteiger charge is 2.01. The monoisotopic (exact) mass is 271 g/mol. The molecule has 0 saturated carbocycles. The van der Waals surface area contributed by atoms with Crippen molar-refractivity contribution in [2.75, 3.05) is 0 Å². The maximum Gasteiger partial charge on any atom is 0.213 e. The molecule has 1 aromatic heterocycles. The summed E-state index contributed by atoms with van der Waals surface area (Å²) in [5.41, 5.74) is 0.878. The van der Waals surface area contributed by atoms with Gasteiger partial charge < -0.3 is 4.74 Å². The Morgan fingerprint density at radius 2 is 1.94 bits per heavy atom. The molecule has 5 heteroatoms. The summed E-state index contributed by atoms with van der Waals surface area (Å²) in [7, 11) is 0. The van der Waals surface area contributed by atoms with Gasteiger partial charge in [0.05, 0.1) is 16.2 Å². The molecule has 0 aliphatic rings. The van der Waals surface area contributed by atoms with Crippen molar-refractivity contribution in [1.29, 1.82) is 0 Å². The Morgan fingerprint density at radius 3 is 2.59 bits per heavy atom. The average molecular weight is 272 g/mol. The smallest absolute Gasteiger partial charge is 0.213 e. The van der Waals surface area contributed by atoms with Crippen molar-refractivity contribution in [3.05, 3.63) is 58.1 Å². The molecule has 0 atom stereocenters. The highest BCUT2D eigenvalue weighted by atomic mass is 35.5. The van der Waals surface area contributed by atoms with Gasteiger partial charge in [0, 0.05) is 0 Å². The van der Waals surface area contributed by atoms with Gasteiger partial charge in [-0.2, -0.15) is 4.39 Å². The fraction of sp³-hybridized carbons (Fsp3) is 0.0833. The number of halogens is 3. The number of hydrogen-bond donors (Lipinski definition) is 0. The van der Waals surface area contributed by atoms with Gasteiger partial charge in [-0.3, -0.25) is 0 Å². The zero-order chi connectivity index (χ0) is 12.3. The summed E-state index contributed by atoms with van der Waals surface area (Å²) >= 11 is 11.7. The van der Waals surface area contributed by atoms with Gasteiger partial charge in [0.15, 0.2) is 0 Å². The Kier molecular flexibility index (Phi) is 3.82. The first-order chi connectivity index (χ1) is 8.15. The van der Waals surface area contributed by atoms with Crippen molar-refractivity contribution < 1.29 is 9.13 Å². The molecular formula is C12H8Cl2FNO. The molecule has 0 N–H and O–H groups in total. The van der Waals surface area contributed by atoms with E-state index in [1.807, 2.05) is 6.07 Å². The Bertz CT molecular complexity index is 516. The van der Waals surface area contributed by atoms with Crippen LogP contribution in [0.25, 0.3) is 0 Å². The second-order valence-electron chi connectivity index (χ2n) is 3.35. The molecule has 0 fully saturated rings. The summed E-state index contributed by atoms with van der Waals surface area (Å²) < 4.78 is 18.0. The van der Waals surface area contributed by atoms with Crippen LogP contribution in [0.4, 0.5) is 4.39 Å². The fourth-order valence-electron chi connectivity index (χ4n) is 1.24. The normalized spacial score (nSPS) is 10.3. The van der Waals surface area contributed by atoms with E-state index >= 15 is 0 Å². The lowest BCUT2D eigenvalue weighted by atomic mass is 10.2. The molecule has 2 aromatic rings. The predicted molar refractivity (Wildman–Crippen MR) is 65.0 cm³/mol. The zero-order valence-electron chi connectivity index (χ0n) is 8.66. The molecule has 0 spiro atoms. The summed E-state index contributed by atoms with van der Waals surface area (Å²) in [5, 5.41) is 0.976. The third-order valence-electron chi connectivity index (χ3n) is 2.09. The van der Waals surface area contributed by atoms with Crippen LogP contribution < -0.4 is 4.74 Å². The van der Waals surface area contributed by atoms with Gasteiger partial charge in [0.1, 0.15) is 12.4 Å². The van der Waals surface area contributed by atoms with Crippen LogP contribution in [-0.4, -0.2) is 4.98 Å². The van der Waals surface area contributed by atoms with Crippen molar-refractivity contribution in [1.82, 2.24) is 4.98 Å². The molecular weight excluding hydrogens is 264 g/mol. The number of nitrogens with zero attached hydrogens (tertiary/aromatic N) is 1. The highest BCUT2D eigenvalue weighted by Crippen LogP contribution is 2.23. The van der Waals surface area contributed by atoms with Crippen molar-refractivity contribution in [2.24, 2.45) is 0 Å². The topological polar surface area (TPSA) is 22.1 Å². The van der Waals surface area contributed by atoms with E-state index in [1.54, 1.807) is 12.1 Å². The van der Waals surface area contributed by atoms with Gasteiger partial charge in [0.2, 0.25) is 5.95 Å². The van der Waals surface area contributed by atoms with E-state index in [1.165, 1.54) is 18.3 Å². The minimum absolute atomic E-state index is 0.324. The van der Waals surface area contributed by atoms with Crippen LogP contribution in [-0.2, 0) is 6.61 Å². The molecule has 1 heterocycles. The number of ether oxygens (including phenoxy) is 1. The molecule has 2 rings (SSSR count). The third-order valence-corrected chi connectivity index (χ3v) is 2.83. The Hall–Kier alpha value is -1.32. The summed E-state index contributed by atoms with van der Waals surface area (Å²) in [6, 6.07) is 7.99. The maximum absolute atomic E-state index is 12.5. The van der Waals surface area contributed by atoms with E-state index in [0.717, 1.165) is 5.56 Å². The quantitative estimate of drug-likeness (QED) is 0.784. The molecule has 0 amide bonds. The van der Waals surface area contributed by atoms with Crippen LogP contribution in [0.5, 0.6) is 5.75 Å². The van der Waals surface area contributed by atoms with Gasteiger partial charge in [-0.1, -0.05) is 29.3 Å². The standard InChI is InChI=1S/C12H8Cl2FNO/c13-10-3-1-8(5-11(10)14)7-17-9-2-4-12(15)16-6-9/h1-6H,7H2. The summed E-state index contributed by atoms with van der Waals surface area (Å²) in [5.74, 6) is -0.0376. The molecule has 0 saturated heterocycles. The van der Waals surface area contributed by atoms with E-state index < -0.39 is 5.95 Å². The lowest BCUT2D eigenvalue weighted by Crippen LogP contribution is -1.96. The third kappa shape index (κ3) is 3.32. The van der Waals surface area contributed by atoms with Crippen molar-refractivity contribution in [3.8, 4) is 5.75 Å². The van der Waals surface area contributed by atoms with Crippen LogP contribution in [0.15, 0.2) is 36.5 Å². The number of rotatable bonds is 3. The second kappa shape index (κ2) is 5.34. The predicted octanol–water partition coefficient (Wildman–Crippen LogP) is 4.11. The molecule has 0 unspecified atom stereocenters. The highest BCUT2D eigenvalue weighted by molar-refractivity contribution is 6.42. The molecule has 0 radical (unpaired) electrons. The van der Waals surface area contributed by atoms with Gasteiger partial charge in [-0.05, 0) is 29.8 Å². The van der Waals surface area contributed by atoms with Gasteiger partial charge >= 0.3 is 0 Å². The first kappa shape index (κ1) is 12.1. The van der Waals surface area contributed by atoms with Gasteiger partial charge in [-0.25, -0.2) is 4.98 Å². The molecule has 17 heavy (non-hydrogen) atoms. The van der Waals surface area contributed by atoms with E-state index in [2.05, 4.69) is 4.98 Å². The first-order valence-corrected chi connectivity index (χ1v) is 5.59. The number of benzene rings is 1. The van der Waals surface area contributed by atoms with E-state index in [-0.39, 0.29) is 0 Å². The van der Waals surface area contributed by atoms with Gasteiger partial charge in [0.25, 0.3) is 0 Å². The molecule has 2 nitrogen and oxygen atoms in total. The lowest BCUT2D eigenvalue weighted by Gasteiger charge is -2.06. The fourth-order valence-corrected chi connectivity index (χ4v) is 1.56. The molecule has 0 bridgehead atoms. The van der Waals surface area contributed by atoms with E-state index in [0.29, 0.717) is 22.4 Å². The molecule has 1 aromatic carbocycles. The van der Waals surface area contributed by atoms with E-state index in [9.17, 15) is 4.39 Å². The minimum atomic E-state index is -0.535. The van der Waals surface area contributed by atoms with Crippen LogP contribution in [0.2, 0.25) is 10.0 Å². The Morgan fingerprint density at radius 1 is 1.12 bits per heavy atom. The summed E-state index contributed by atoms with van der Waals surface area (Å²) in [4.78, 5) is 3.48. The summed E-state index contributed by atoms with van der Waals surface area (Å²) in [6.07, 6.45) is 1.33. The van der Waals surface area contributed by atoms with Crippen molar-refractivity contribution in [3.63, 3.8) is 0 Å². The van der Waals surface area contributed by atoms with E-state index in [4.69, 9.17) is 27.9 Å². The van der Waals surface area contributed by atoms with Crippen LogP contribution >= 0.6 is 23.2 Å². The van der Waals surface area contributed by atoms with Crippen molar-refractivity contribution >= 4 is 23.2 Å². The second-order valence-corrected chi connectivity index (χ2v) is 4.17. The van der Waals surface area contributed by atoms with Crippen LogP contribution in [0.1, 0.15) is 5.56 Å². The molecule has 88 valence electrons. The summed E-state index contributed by atoms with van der Waals surface area (Å²) in [6.45, 7) is 0.324. The van der Waals surface area contributed by atoms with Crippen LogP contribution in [0.3, 0.4) is 0 Å². The van der Waals surface area contributed by atoms with Gasteiger partial charge in [-0.15, -0.1) is 0 Å². The average Bonchev–Trinajstić information content (AvgIpc) is 2.33. The first-order valence-electron chi connectivity index (χ1n) is 4.83. The molecule has 0 aliphatic heterocycles. The maximum atomic E-state index is 12.5. The van der Waals surface area contributed by atoms with Crippen molar-refractivity contribution in [2.45, 2.75) is 6.61 Å². The molecule has 0 aliphatic carbocycles. The number of pyridine rings is 1. The lowest BCUT2D eigenvalue weighted by molar-refractivity contribution is 0.304. The largest absolute Gasteiger partial charge is 0.487 e. The number of aromatic nitrogens is 1. The van der Waals surface area contributed by atoms with Crippen LogP contribution in [0, 0.1) is 5.95 Å². The Labute approximate surface area is 108 Å².